The van der Waals surface area contributed by atoms with Crippen molar-refractivity contribution in [1.29, 1.82) is 0 Å². The van der Waals surface area contributed by atoms with Crippen molar-refractivity contribution in [2.24, 2.45) is 0 Å². The van der Waals surface area contributed by atoms with Crippen LogP contribution in [0, 0.1) is 0 Å². The molecule has 1 aliphatic carbocycles. The first kappa shape index (κ1) is 36.2. The molecule has 2 nitrogen and oxygen atoms in total. The molecular formula is C59H40N2. The Hall–Kier alpha value is -7.94. The monoisotopic (exact) mass is 776 g/mol. The first-order chi connectivity index (χ1) is 30.2. The van der Waals surface area contributed by atoms with Gasteiger partial charge < -0.3 is 0 Å². The lowest BCUT2D eigenvalue weighted by molar-refractivity contribution is 0.769. The molecule has 1 aromatic heterocycles. The van der Waals surface area contributed by atoms with Crippen molar-refractivity contribution in [2.75, 3.05) is 0 Å². The minimum atomic E-state index is -0.495. The fraction of sp³-hybridized carbons (Fsp3) is 0.0169. The minimum absolute atomic E-state index is 0.495. The molecule has 286 valence electrons. The Morgan fingerprint density at radius 3 is 1.26 bits per heavy atom. The summed E-state index contributed by atoms with van der Waals surface area (Å²) in [6.45, 7) is 0. The van der Waals surface area contributed by atoms with Gasteiger partial charge in [0.1, 0.15) is 0 Å². The fourth-order valence-corrected chi connectivity index (χ4v) is 9.33. The molecule has 10 aromatic rings. The second-order valence-corrected chi connectivity index (χ2v) is 15.7. The SMILES string of the molecule is c1ccc(-c2cccc(-c3cc(-c4cc(-c5ccccc5)cc(-c5cccc(C6(c7ccccc7)c7ccccc7-c7ccccc76)c5)c4)nc(-c4ccccc4)n3)c2)cc1. The Morgan fingerprint density at radius 2 is 0.639 bits per heavy atom. The summed E-state index contributed by atoms with van der Waals surface area (Å²) in [5.74, 6) is 0.690. The average molecular weight is 777 g/mol. The highest BCUT2D eigenvalue weighted by molar-refractivity contribution is 5.88. The van der Waals surface area contributed by atoms with E-state index >= 15 is 0 Å². The van der Waals surface area contributed by atoms with Crippen LogP contribution < -0.4 is 0 Å². The molecule has 61 heavy (non-hydrogen) atoms. The summed E-state index contributed by atoms with van der Waals surface area (Å²) in [5.41, 5.74) is 18.8. The third-order valence-electron chi connectivity index (χ3n) is 12.1. The maximum atomic E-state index is 5.32. The van der Waals surface area contributed by atoms with Gasteiger partial charge in [-0.15, -0.1) is 0 Å². The Labute approximate surface area is 357 Å². The van der Waals surface area contributed by atoms with Crippen LogP contribution in [0.4, 0.5) is 0 Å². The second-order valence-electron chi connectivity index (χ2n) is 15.7. The van der Waals surface area contributed by atoms with E-state index in [4.69, 9.17) is 9.97 Å². The zero-order valence-corrected chi connectivity index (χ0v) is 33.5. The summed E-state index contributed by atoms with van der Waals surface area (Å²) in [4.78, 5) is 10.5. The summed E-state index contributed by atoms with van der Waals surface area (Å²) < 4.78 is 0. The van der Waals surface area contributed by atoms with Gasteiger partial charge in [-0.3, -0.25) is 0 Å². The van der Waals surface area contributed by atoms with Gasteiger partial charge in [-0.1, -0.05) is 206 Å². The maximum absolute atomic E-state index is 5.32. The predicted octanol–water partition coefficient (Wildman–Crippen LogP) is 14.8. The van der Waals surface area contributed by atoms with Crippen molar-refractivity contribution in [3.05, 3.63) is 265 Å². The molecule has 0 saturated heterocycles. The van der Waals surface area contributed by atoms with Gasteiger partial charge in [0.15, 0.2) is 5.82 Å². The highest BCUT2D eigenvalue weighted by Crippen LogP contribution is 2.56. The van der Waals surface area contributed by atoms with Crippen molar-refractivity contribution in [3.8, 4) is 78.4 Å². The van der Waals surface area contributed by atoms with Gasteiger partial charge >= 0.3 is 0 Å². The summed E-state index contributed by atoms with van der Waals surface area (Å²) in [6.07, 6.45) is 0. The molecule has 0 radical (unpaired) electrons. The molecule has 2 heteroatoms. The van der Waals surface area contributed by atoms with Crippen LogP contribution in [0.15, 0.2) is 243 Å². The van der Waals surface area contributed by atoms with Crippen molar-refractivity contribution < 1.29 is 0 Å². The molecule has 1 aliphatic rings. The van der Waals surface area contributed by atoms with Crippen molar-refractivity contribution in [1.82, 2.24) is 9.97 Å². The molecule has 0 unspecified atom stereocenters. The van der Waals surface area contributed by atoms with E-state index in [-0.39, 0.29) is 0 Å². The fourth-order valence-electron chi connectivity index (χ4n) is 9.33. The zero-order valence-electron chi connectivity index (χ0n) is 33.5. The van der Waals surface area contributed by atoms with Crippen molar-refractivity contribution in [3.63, 3.8) is 0 Å². The van der Waals surface area contributed by atoms with Crippen molar-refractivity contribution in [2.45, 2.75) is 5.41 Å². The van der Waals surface area contributed by atoms with Gasteiger partial charge in [-0.05, 0) is 103 Å². The summed E-state index contributed by atoms with van der Waals surface area (Å²) >= 11 is 0. The summed E-state index contributed by atoms with van der Waals surface area (Å²) in [5, 5.41) is 0. The predicted molar refractivity (Wildman–Crippen MR) is 252 cm³/mol. The van der Waals surface area contributed by atoms with E-state index in [1.54, 1.807) is 0 Å². The van der Waals surface area contributed by atoms with Crippen LogP contribution in [0.25, 0.3) is 78.4 Å². The molecule has 0 bridgehead atoms. The molecule has 0 N–H and O–H groups in total. The number of hydrogen-bond acceptors (Lipinski definition) is 2. The van der Waals surface area contributed by atoms with Gasteiger partial charge in [0.2, 0.25) is 0 Å². The van der Waals surface area contributed by atoms with E-state index in [9.17, 15) is 0 Å². The molecule has 11 rings (SSSR count). The van der Waals surface area contributed by atoms with Crippen LogP contribution in [-0.4, -0.2) is 9.97 Å². The molecule has 0 amide bonds. The lowest BCUT2D eigenvalue weighted by atomic mass is 9.67. The van der Waals surface area contributed by atoms with E-state index < -0.39 is 5.41 Å². The standard InChI is InChI=1S/C59H40N2/c1-5-19-41(20-6-1)44-25-17-27-46(35-44)56-40-57(61-58(60-56)43-23-9-3-10-24-43)49-37-47(42-21-7-2-8-22-42)36-48(38-49)45-26-18-30-51(39-45)59(50-28-11-4-12-29-50)54-33-15-13-31-52(54)53-32-14-16-34-55(53)59/h1-40H. The first-order valence-electron chi connectivity index (χ1n) is 20.9. The highest BCUT2D eigenvalue weighted by atomic mass is 14.9. The van der Waals surface area contributed by atoms with E-state index in [2.05, 4.69) is 224 Å². The quantitative estimate of drug-likeness (QED) is 0.154. The average Bonchev–Trinajstić information content (AvgIpc) is 3.66. The van der Waals surface area contributed by atoms with Crippen LogP contribution in [0.5, 0.6) is 0 Å². The number of aromatic nitrogens is 2. The van der Waals surface area contributed by atoms with Crippen molar-refractivity contribution >= 4 is 0 Å². The van der Waals surface area contributed by atoms with E-state index in [1.165, 1.54) is 38.9 Å². The molecule has 0 atom stereocenters. The molecule has 0 spiro atoms. The Kier molecular flexibility index (Phi) is 9.09. The largest absolute Gasteiger partial charge is 0.228 e. The van der Waals surface area contributed by atoms with Crippen LogP contribution in [-0.2, 0) is 5.41 Å². The van der Waals surface area contributed by atoms with E-state index in [0.29, 0.717) is 5.82 Å². The molecule has 0 aliphatic heterocycles. The number of nitrogens with zero attached hydrogens (tertiary/aromatic N) is 2. The molecule has 0 saturated carbocycles. The van der Waals surface area contributed by atoms with Crippen LogP contribution in [0.2, 0.25) is 0 Å². The normalized spacial score (nSPS) is 12.4. The smallest absolute Gasteiger partial charge is 0.160 e. The third-order valence-corrected chi connectivity index (χ3v) is 12.1. The van der Waals surface area contributed by atoms with Gasteiger partial charge in [0.25, 0.3) is 0 Å². The first-order valence-corrected chi connectivity index (χ1v) is 20.9. The Bertz CT molecular complexity index is 3130. The number of fused-ring (bicyclic) bond motifs is 3. The number of hydrogen-bond donors (Lipinski definition) is 0. The topological polar surface area (TPSA) is 25.8 Å². The Balaban J connectivity index is 1.12. The highest BCUT2D eigenvalue weighted by Gasteiger charge is 2.45. The summed E-state index contributed by atoms with van der Waals surface area (Å²) in [7, 11) is 0. The van der Waals surface area contributed by atoms with Gasteiger partial charge in [0.05, 0.1) is 16.8 Å². The minimum Gasteiger partial charge on any atom is -0.228 e. The van der Waals surface area contributed by atoms with Gasteiger partial charge in [-0.25, -0.2) is 9.97 Å². The lowest BCUT2D eigenvalue weighted by Gasteiger charge is -2.34. The van der Waals surface area contributed by atoms with E-state index in [1.807, 2.05) is 18.2 Å². The molecule has 9 aromatic carbocycles. The molecule has 1 heterocycles. The van der Waals surface area contributed by atoms with E-state index in [0.717, 1.165) is 55.9 Å². The number of benzene rings is 9. The third kappa shape index (κ3) is 6.46. The lowest BCUT2D eigenvalue weighted by Crippen LogP contribution is -2.28. The number of rotatable bonds is 8. The maximum Gasteiger partial charge on any atom is 0.160 e. The van der Waals surface area contributed by atoms with Gasteiger partial charge in [-0.2, -0.15) is 0 Å². The van der Waals surface area contributed by atoms with Crippen LogP contribution >= 0.6 is 0 Å². The zero-order chi connectivity index (χ0) is 40.6. The Morgan fingerprint density at radius 1 is 0.246 bits per heavy atom. The molecular weight excluding hydrogens is 737 g/mol. The summed E-state index contributed by atoms with van der Waals surface area (Å²) in [6, 6.07) is 87.2. The van der Waals surface area contributed by atoms with Crippen LogP contribution in [0.3, 0.4) is 0 Å². The van der Waals surface area contributed by atoms with Crippen LogP contribution in [0.1, 0.15) is 22.3 Å². The molecule has 0 fully saturated rings. The van der Waals surface area contributed by atoms with Gasteiger partial charge in [0, 0.05) is 16.7 Å². The second kappa shape index (κ2) is 15.3.